The molecule has 7 nitrogen and oxygen atoms in total. The van der Waals surface area contributed by atoms with E-state index in [0.29, 0.717) is 13.1 Å². The average molecular weight is 398 g/mol. The van der Waals surface area contributed by atoms with E-state index in [1.807, 2.05) is 37.3 Å². The molecule has 0 aliphatic heterocycles. The highest BCUT2D eigenvalue weighted by Gasteiger charge is 2.16. The molecule has 0 heterocycles. The van der Waals surface area contributed by atoms with Crippen molar-refractivity contribution in [1.29, 1.82) is 0 Å². The third-order valence-electron chi connectivity index (χ3n) is 3.40. The predicted octanol–water partition coefficient (Wildman–Crippen LogP) is 2.89. The molecule has 1 aromatic rings. The van der Waals surface area contributed by atoms with Gasteiger partial charge in [0.2, 0.25) is 5.91 Å². The van der Waals surface area contributed by atoms with E-state index >= 15 is 0 Å². The van der Waals surface area contributed by atoms with Crippen molar-refractivity contribution in [2.24, 2.45) is 0 Å². The second-order valence-electron chi connectivity index (χ2n) is 7.25. The van der Waals surface area contributed by atoms with Gasteiger partial charge < -0.3 is 20.1 Å². The van der Waals surface area contributed by atoms with Crippen LogP contribution in [0.25, 0.3) is 0 Å². The summed E-state index contributed by atoms with van der Waals surface area (Å²) in [5, 5.41) is 5.39. The Morgan fingerprint density at radius 1 is 1.11 bits per heavy atom. The summed E-state index contributed by atoms with van der Waals surface area (Å²) in [4.78, 5) is 24.7. The van der Waals surface area contributed by atoms with Gasteiger partial charge in [0.15, 0.2) is 0 Å². The van der Waals surface area contributed by atoms with Gasteiger partial charge in [-0.1, -0.05) is 0 Å². The van der Waals surface area contributed by atoms with Crippen LogP contribution in [0.4, 0.5) is 4.79 Å². The minimum atomic E-state index is -0.537. The Morgan fingerprint density at radius 3 is 2.19 bits per heavy atom. The van der Waals surface area contributed by atoms with Gasteiger partial charge in [-0.25, -0.2) is 9.10 Å². The molecule has 27 heavy (non-hydrogen) atoms. The SMILES string of the molecule is COc1cc(C)c(SN(C)CC(=O)NCCNC(=O)OC(C)(C)C)c(C)c1. The summed E-state index contributed by atoms with van der Waals surface area (Å²) in [6, 6.07) is 3.96. The van der Waals surface area contributed by atoms with Gasteiger partial charge in [-0.15, -0.1) is 0 Å². The molecule has 0 fully saturated rings. The number of carbonyl (C=O) groups excluding carboxylic acids is 2. The predicted molar refractivity (Wildman–Crippen MR) is 108 cm³/mol. The van der Waals surface area contributed by atoms with Crippen molar-refractivity contribution in [3.63, 3.8) is 0 Å². The van der Waals surface area contributed by atoms with Gasteiger partial charge in [0.1, 0.15) is 11.4 Å². The van der Waals surface area contributed by atoms with E-state index < -0.39 is 11.7 Å². The van der Waals surface area contributed by atoms with Crippen molar-refractivity contribution in [2.45, 2.75) is 45.1 Å². The first-order chi connectivity index (χ1) is 12.5. The highest BCUT2D eigenvalue weighted by Crippen LogP contribution is 2.31. The van der Waals surface area contributed by atoms with Gasteiger partial charge in [0, 0.05) is 18.0 Å². The lowest BCUT2D eigenvalue weighted by molar-refractivity contribution is -0.121. The summed E-state index contributed by atoms with van der Waals surface area (Å²) >= 11 is 1.52. The molecule has 0 aromatic heterocycles. The zero-order valence-corrected chi connectivity index (χ0v) is 18.1. The van der Waals surface area contributed by atoms with Gasteiger partial charge in [0.25, 0.3) is 0 Å². The number of hydrogen-bond donors (Lipinski definition) is 2. The normalized spacial score (nSPS) is 11.3. The molecule has 2 N–H and O–H groups in total. The molecule has 1 aromatic carbocycles. The first kappa shape index (κ1) is 23.1. The van der Waals surface area contributed by atoms with E-state index in [4.69, 9.17) is 9.47 Å². The van der Waals surface area contributed by atoms with E-state index in [1.165, 1.54) is 11.9 Å². The number of hydrogen-bond acceptors (Lipinski definition) is 6. The maximum atomic E-state index is 12.1. The van der Waals surface area contributed by atoms with Crippen molar-refractivity contribution in [2.75, 3.05) is 33.8 Å². The van der Waals surface area contributed by atoms with Crippen molar-refractivity contribution in [3.05, 3.63) is 23.3 Å². The van der Waals surface area contributed by atoms with Crippen molar-refractivity contribution >= 4 is 23.9 Å². The number of carbonyl (C=O) groups is 2. The largest absolute Gasteiger partial charge is 0.497 e. The standard InChI is InChI=1S/C19H31N3O4S/c1-13-10-15(25-7)11-14(2)17(13)27-22(6)12-16(23)20-8-9-21-18(24)26-19(3,4)5/h10-11H,8-9,12H2,1-7H3,(H,20,23)(H,21,24). The number of nitrogens with one attached hydrogen (secondary N) is 2. The third-order valence-corrected chi connectivity index (χ3v) is 4.67. The van der Waals surface area contributed by atoms with E-state index in [2.05, 4.69) is 10.6 Å². The van der Waals surface area contributed by atoms with Gasteiger partial charge in [-0.2, -0.15) is 0 Å². The number of likely N-dealkylation sites (N-methyl/N-ethyl adjacent to an activating group) is 1. The number of alkyl carbamates (subject to hydrolysis) is 1. The highest BCUT2D eigenvalue weighted by molar-refractivity contribution is 7.97. The molecule has 2 amide bonds. The molecule has 1 rings (SSSR count). The van der Waals surface area contributed by atoms with Crippen LogP contribution in [-0.2, 0) is 9.53 Å². The van der Waals surface area contributed by atoms with Crippen LogP contribution in [0.3, 0.4) is 0 Å². The van der Waals surface area contributed by atoms with E-state index in [-0.39, 0.29) is 12.5 Å². The molecule has 152 valence electrons. The first-order valence-electron chi connectivity index (χ1n) is 8.79. The molecule has 0 saturated carbocycles. The van der Waals surface area contributed by atoms with E-state index in [0.717, 1.165) is 21.8 Å². The van der Waals surface area contributed by atoms with Crippen LogP contribution in [0.2, 0.25) is 0 Å². The summed E-state index contributed by atoms with van der Waals surface area (Å²) in [6.07, 6.45) is -0.491. The van der Waals surface area contributed by atoms with Gasteiger partial charge in [0.05, 0.1) is 13.7 Å². The lowest BCUT2D eigenvalue weighted by atomic mass is 10.1. The summed E-state index contributed by atoms with van der Waals surface area (Å²) in [5.74, 6) is 0.715. The van der Waals surface area contributed by atoms with Crippen LogP contribution in [0.1, 0.15) is 31.9 Å². The Labute approximate surface area is 166 Å². The summed E-state index contributed by atoms with van der Waals surface area (Å²) in [5.41, 5.74) is 1.67. The first-order valence-corrected chi connectivity index (χ1v) is 9.57. The molecule has 0 atom stereocenters. The summed E-state index contributed by atoms with van der Waals surface area (Å²) < 4.78 is 12.3. The lowest BCUT2D eigenvalue weighted by Gasteiger charge is -2.20. The maximum Gasteiger partial charge on any atom is 0.407 e. The molecular weight excluding hydrogens is 366 g/mol. The zero-order chi connectivity index (χ0) is 20.6. The number of methoxy groups -OCH3 is 1. The molecule has 0 aliphatic carbocycles. The fourth-order valence-electron chi connectivity index (χ4n) is 2.30. The topological polar surface area (TPSA) is 79.9 Å². The Hall–Kier alpha value is -1.93. The fraction of sp³-hybridized carbons (Fsp3) is 0.579. The lowest BCUT2D eigenvalue weighted by Crippen LogP contribution is -2.39. The second-order valence-corrected chi connectivity index (χ2v) is 8.46. The average Bonchev–Trinajstić information content (AvgIpc) is 2.53. The Kier molecular flexibility index (Phi) is 8.92. The number of rotatable bonds is 8. The van der Waals surface area contributed by atoms with Crippen LogP contribution in [0, 0.1) is 13.8 Å². The van der Waals surface area contributed by atoms with Gasteiger partial charge in [-0.05, 0) is 76.9 Å². The molecule has 0 unspecified atom stereocenters. The second kappa shape index (κ2) is 10.4. The van der Waals surface area contributed by atoms with Crippen molar-refractivity contribution < 1.29 is 19.1 Å². The molecular formula is C19H31N3O4S. The molecule has 0 radical (unpaired) electrons. The van der Waals surface area contributed by atoms with Crippen LogP contribution in [0.5, 0.6) is 5.75 Å². The third kappa shape index (κ3) is 9.01. The molecule has 0 saturated heterocycles. The number of ether oxygens (including phenoxy) is 2. The smallest absolute Gasteiger partial charge is 0.407 e. The van der Waals surface area contributed by atoms with Gasteiger partial charge in [-0.3, -0.25) is 4.79 Å². The molecule has 0 bridgehead atoms. The Balaban J connectivity index is 2.38. The van der Waals surface area contributed by atoms with Crippen molar-refractivity contribution in [3.8, 4) is 5.75 Å². The minimum absolute atomic E-state index is 0.111. The number of nitrogens with zero attached hydrogens (tertiary/aromatic N) is 1. The van der Waals surface area contributed by atoms with Crippen molar-refractivity contribution in [1.82, 2.24) is 14.9 Å². The fourth-order valence-corrected chi connectivity index (χ4v) is 3.20. The molecule has 8 heteroatoms. The van der Waals surface area contributed by atoms with Crippen LogP contribution >= 0.6 is 11.9 Å². The van der Waals surface area contributed by atoms with Crippen LogP contribution < -0.4 is 15.4 Å². The Morgan fingerprint density at radius 2 is 1.67 bits per heavy atom. The van der Waals surface area contributed by atoms with E-state index in [1.54, 1.807) is 27.9 Å². The van der Waals surface area contributed by atoms with Crippen LogP contribution in [0.15, 0.2) is 17.0 Å². The zero-order valence-electron chi connectivity index (χ0n) is 17.3. The number of amides is 2. The molecule has 0 aliphatic rings. The number of aryl methyl sites for hydroxylation is 2. The summed E-state index contributed by atoms with van der Waals surface area (Å²) in [6.45, 7) is 10.3. The summed E-state index contributed by atoms with van der Waals surface area (Å²) in [7, 11) is 3.52. The van der Waals surface area contributed by atoms with Crippen LogP contribution in [-0.4, -0.2) is 55.7 Å². The quantitative estimate of drug-likeness (QED) is 0.519. The number of benzene rings is 1. The highest BCUT2D eigenvalue weighted by atomic mass is 32.2. The maximum absolute atomic E-state index is 12.1. The minimum Gasteiger partial charge on any atom is -0.497 e. The monoisotopic (exact) mass is 397 g/mol. The molecule has 0 spiro atoms. The Bertz CT molecular complexity index is 636. The van der Waals surface area contributed by atoms with E-state index in [9.17, 15) is 9.59 Å². The van der Waals surface area contributed by atoms with Gasteiger partial charge >= 0.3 is 6.09 Å².